The van der Waals surface area contributed by atoms with Crippen molar-refractivity contribution in [2.45, 2.75) is 13.3 Å². The normalized spacial score (nSPS) is 11.6. The van der Waals surface area contributed by atoms with Crippen molar-refractivity contribution in [3.8, 4) is 11.5 Å². The Labute approximate surface area is 208 Å². The maximum Gasteiger partial charge on any atom is 0.345 e. The predicted molar refractivity (Wildman–Crippen MR) is 128 cm³/mol. The summed E-state index contributed by atoms with van der Waals surface area (Å²) in [6.07, 6.45) is 0.367. The molecule has 0 fully saturated rings. The standard InChI is InChI=1S/C24H20N2O9S/c1-13-16(9-14-7-8-18-19(10-14)35-12-34-18)21(24(29)32-2)22(36-13)25-20(27)11-33-23(28)15-5-3-4-6-17(15)26(30)31/h3-8,10H,9,11-12H2,1-2H3,(H,25,27). The van der Waals surface area contributed by atoms with Crippen LogP contribution in [0.1, 0.15) is 36.7 Å². The Balaban J connectivity index is 1.50. The van der Waals surface area contributed by atoms with E-state index in [1.165, 1.54) is 36.6 Å². The molecule has 12 heteroatoms. The highest BCUT2D eigenvalue weighted by Gasteiger charge is 2.26. The molecule has 0 unspecified atom stereocenters. The van der Waals surface area contributed by atoms with E-state index in [4.69, 9.17) is 18.9 Å². The maximum atomic E-state index is 12.6. The van der Waals surface area contributed by atoms with Crippen LogP contribution in [0.2, 0.25) is 0 Å². The van der Waals surface area contributed by atoms with Gasteiger partial charge in [-0.25, -0.2) is 9.59 Å². The molecule has 11 nitrogen and oxygen atoms in total. The molecule has 1 amide bonds. The first kappa shape index (κ1) is 24.7. The Hall–Kier alpha value is -4.45. The molecule has 0 aliphatic carbocycles. The number of para-hydroxylation sites is 1. The molecule has 0 bridgehead atoms. The van der Waals surface area contributed by atoms with Crippen LogP contribution >= 0.6 is 11.3 Å². The van der Waals surface area contributed by atoms with Gasteiger partial charge in [-0.15, -0.1) is 11.3 Å². The van der Waals surface area contributed by atoms with E-state index in [2.05, 4.69) is 5.32 Å². The van der Waals surface area contributed by atoms with Gasteiger partial charge in [0.1, 0.15) is 10.6 Å². The number of hydrogen-bond donors (Lipinski definition) is 1. The van der Waals surface area contributed by atoms with E-state index in [0.29, 0.717) is 23.5 Å². The van der Waals surface area contributed by atoms with Crippen LogP contribution in [-0.4, -0.2) is 43.3 Å². The summed E-state index contributed by atoms with van der Waals surface area (Å²) >= 11 is 1.18. The van der Waals surface area contributed by atoms with Gasteiger partial charge < -0.3 is 24.3 Å². The van der Waals surface area contributed by atoms with Crippen LogP contribution in [0.25, 0.3) is 0 Å². The summed E-state index contributed by atoms with van der Waals surface area (Å²) in [6.45, 7) is 1.24. The number of nitro groups is 1. The molecule has 1 aliphatic rings. The average Bonchev–Trinajstić information content (AvgIpc) is 3.45. The van der Waals surface area contributed by atoms with E-state index in [0.717, 1.165) is 16.5 Å². The van der Waals surface area contributed by atoms with Crippen molar-refractivity contribution in [1.29, 1.82) is 0 Å². The van der Waals surface area contributed by atoms with Gasteiger partial charge in [0.25, 0.3) is 11.6 Å². The van der Waals surface area contributed by atoms with Gasteiger partial charge >= 0.3 is 11.9 Å². The Morgan fingerprint density at radius 2 is 1.86 bits per heavy atom. The molecule has 2 aromatic carbocycles. The van der Waals surface area contributed by atoms with E-state index in [9.17, 15) is 24.5 Å². The lowest BCUT2D eigenvalue weighted by Gasteiger charge is -2.09. The Bertz CT molecular complexity index is 1370. The summed E-state index contributed by atoms with van der Waals surface area (Å²) in [4.78, 5) is 48.6. The maximum absolute atomic E-state index is 12.6. The molecule has 0 saturated carbocycles. The molecule has 0 saturated heterocycles. The van der Waals surface area contributed by atoms with Crippen LogP contribution in [0.5, 0.6) is 11.5 Å². The fourth-order valence-corrected chi connectivity index (χ4v) is 4.71. The molecule has 3 aromatic rings. The average molecular weight is 512 g/mol. The summed E-state index contributed by atoms with van der Waals surface area (Å²) in [5.74, 6) is -1.13. The largest absolute Gasteiger partial charge is 0.465 e. The van der Waals surface area contributed by atoms with Gasteiger partial charge in [0.15, 0.2) is 18.1 Å². The number of nitro benzene ring substituents is 1. The highest BCUT2D eigenvalue weighted by Crippen LogP contribution is 2.37. The summed E-state index contributed by atoms with van der Waals surface area (Å²) in [5.41, 5.74) is 1.01. The van der Waals surface area contributed by atoms with Crippen molar-refractivity contribution in [1.82, 2.24) is 0 Å². The molecule has 2 heterocycles. The molecule has 1 aliphatic heterocycles. The van der Waals surface area contributed by atoms with Gasteiger partial charge in [0.05, 0.1) is 17.6 Å². The summed E-state index contributed by atoms with van der Waals surface area (Å²) in [6, 6.07) is 10.7. The minimum atomic E-state index is -1.02. The number of nitrogens with one attached hydrogen (secondary N) is 1. The lowest BCUT2D eigenvalue weighted by Crippen LogP contribution is -2.22. The van der Waals surface area contributed by atoms with Gasteiger partial charge in [-0.05, 0) is 42.7 Å². The first-order valence-corrected chi connectivity index (χ1v) is 11.4. The SMILES string of the molecule is COC(=O)c1c(NC(=O)COC(=O)c2ccccc2[N+](=O)[O-])sc(C)c1Cc1ccc2c(c1)OCO2. The van der Waals surface area contributed by atoms with Crippen molar-refractivity contribution >= 4 is 39.9 Å². The van der Waals surface area contributed by atoms with Crippen LogP contribution in [-0.2, 0) is 20.7 Å². The van der Waals surface area contributed by atoms with E-state index >= 15 is 0 Å². The number of nitrogens with zero attached hydrogens (tertiary/aromatic N) is 1. The number of carbonyl (C=O) groups is 3. The van der Waals surface area contributed by atoms with Crippen LogP contribution < -0.4 is 14.8 Å². The molecular weight excluding hydrogens is 492 g/mol. The minimum Gasteiger partial charge on any atom is -0.465 e. The third-order valence-corrected chi connectivity index (χ3v) is 6.39. The van der Waals surface area contributed by atoms with Crippen molar-refractivity contribution in [3.05, 3.63) is 79.7 Å². The number of esters is 2. The lowest BCUT2D eigenvalue weighted by molar-refractivity contribution is -0.385. The topological polar surface area (TPSA) is 143 Å². The van der Waals surface area contributed by atoms with Crippen molar-refractivity contribution in [2.24, 2.45) is 0 Å². The molecular formula is C24H20N2O9S. The Kier molecular flexibility index (Phi) is 7.15. The van der Waals surface area contributed by atoms with Crippen molar-refractivity contribution < 1.29 is 38.3 Å². The van der Waals surface area contributed by atoms with Gasteiger partial charge in [-0.3, -0.25) is 14.9 Å². The quantitative estimate of drug-likeness (QED) is 0.270. The molecule has 36 heavy (non-hydrogen) atoms. The van der Waals surface area contributed by atoms with Crippen molar-refractivity contribution in [3.63, 3.8) is 0 Å². The Morgan fingerprint density at radius 3 is 2.61 bits per heavy atom. The number of benzene rings is 2. The number of ether oxygens (including phenoxy) is 4. The monoisotopic (exact) mass is 512 g/mol. The fourth-order valence-electron chi connectivity index (χ4n) is 3.63. The van der Waals surface area contributed by atoms with Gasteiger partial charge in [0, 0.05) is 10.9 Å². The zero-order chi connectivity index (χ0) is 25.8. The number of hydrogen-bond acceptors (Lipinski definition) is 10. The van der Waals surface area contributed by atoms with E-state index in [-0.39, 0.29) is 22.9 Å². The van der Waals surface area contributed by atoms with E-state index in [1.54, 1.807) is 6.07 Å². The molecule has 186 valence electrons. The van der Waals surface area contributed by atoms with Crippen molar-refractivity contribution in [2.75, 3.05) is 25.8 Å². The number of carbonyl (C=O) groups excluding carboxylic acids is 3. The zero-order valence-corrected chi connectivity index (χ0v) is 20.0. The van der Waals surface area contributed by atoms with E-state index < -0.39 is 35.1 Å². The first-order valence-electron chi connectivity index (χ1n) is 10.6. The van der Waals surface area contributed by atoms with Crippen LogP contribution in [0, 0.1) is 17.0 Å². The second kappa shape index (κ2) is 10.4. The molecule has 0 spiro atoms. The molecule has 1 N–H and O–H groups in total. The highest BCUT2D eigenvalue weighted by atomic mass is 32.1. The molecule has 1 aromatic heterocycles. The van der Waals surface area contributed by atoms with Crippen LogP contribution in [0.3, 0.4) is 0 Å². The van der Waals surface area contributed by atoms with Crippen LogP contribution in [0.4, 0.5) is 10.7 Å². The Morgan fingerprint density at radius 1 is 1.11 bits per heavy atom. The number of thiophene rings is 1. The summed E-state index contributed by atoms with van der Waals surface area (Å²) < 4.78 is 20.6. The second-order valence-electron chi connectivity index (χ2n) is 7.60. The number of aryl methyl sites for hydroxylation is 1. The minimum absolute atomic E-state index is 0.141. The number of rotatable bonds is 8. The number of amides is 1. The molecule has 0 radical (unpaired) electrons. The fraction of sp³-hybridized carbons (Fsp3) is 0.208. The first-order chi connectivity index (χ1) is 17.3. The van der Waals surface area contributed by atoms with Gasteiger partial charge in [0.2, 0.25) is 6.79 Å². The third-order valence-electron chi connectivity index (χ3n) is 5.32. The zero-order valence-electron chi connectivity index (χ0n) is 19.2. The molecule has 0 atom stereocenters. The summed E-state index contributed by atoms with van der Waals surface area (Å²) in [5, 5.41) is 13.9. The number of anilines is 1. The smallest absolute Gasteiger partial charge is 0.345 e. The summed E-state index contributed by atoms with van der Waals surface area (Å²) in [7, 11) is 1.24. The third kappa shape index (κ3) is 5.13. The highest BCUT2D eigenvalue weighted by molar-refractivity contribution is 7.16. The molecule has 4 rings (SSSR count). The van der Waals surface area contributed by atoms with Gasteiger partial charge in [-0.1, -0.05) is 18.2 Å². The van der Waals surface area contributed by atoms with E-state index in [1.807, 2.05) is 19.1 Å². The van der Waals surface area contributed by atoms with Gasteiger partial charge in [-0.2, -0.15) is 0 Å². The van der Waals surface area contributed by atoms with Crippen LogP contribution in [0.15, 0.2) is 42.5 Å². The second-order valence-corrected chi connectivity index (χ2v) is 8.82. The number of methoxy groups -OCH3 is 1. The number of fused-ring (bicyclic) bond motifs is 1. The lowest BCUT2D eigenvalue weighted by atomic mass is 10.0. The predicted octanol–water partition coefficient (Wildman–Crippen LogP) is 3.87.